The Morgan fingerprint density at radius 2 is 1.83 bits per heavy atom. The molecule has 104 valence electrons. The minimum absolute atomic E-state index is 0.0863. The molecule has 2 aliphatic rings. The molecular weight excluding hydrogens is 224 g/mol. The Hall–Kier alpha value is -0.570. The first kappa shape index (κ1) is 13.9. The summed E-state index contributed by atoms with van der Waals surface area (Å²) in [6.07, 6.45) is 11.1. The van der Waals surface area contributed by atoms with E-state index >= 15 is 0 Å². The summed E-state index contributed by atoms with van der Waals surface area (Å²) in [5.41, 5.74) is 0. The standard InChI is InChI=1S/C15H28N2O/c1-3-9-13-15(18)17(14(4-2)16-13)12-10-7-5-6-8-11-12/h12-14,16H,3-11H2,1-2H3. The van der Waals surface area contributed by atoms with Gasteiger partial charge in [0.25, 0.3) is 0 Å². The molecule has 1 amide bonds. The van der Waals surface area contributed by atoms with Crippen LogP contribution in [0.15, 0.2) is 0 Å². The smallest absolute Gasteiger partial charge is 0.241 e. The summed E-state index contributed by atoms with van der Waals surface area (Å²) < 4.78 is 0. The maximum atomic E-state index is 12.5. The first-order valence-corrected chi connectivity index (χ1v) is 7.86. The van der Waals surface area contributed by atoms with Crippen molar-refractivity contribution in [3.8, 4) is 0 Å². The molecule has 0 aromatic rings. The van der Waals surface area contributed by atoms with Gasteiger partial charge in [-0.2, -0.15) is 0 Å². The fraction of sp³-hybridized carbons (Fsp3) is 0.933. The highest BCUT2D eigenvalue weighted by molar-refractivity contribution is 5.84. The van der Waals surface area contributed by atoms with Crippen molar-refractivity contribution in [2.75, 3.05) is 0 Å². The lowest BCUT2D eigenvalue weighted by Crippen LogP contribution is -2.44. The van der Waals surface area contributed by atoms with Crippen molar-refractivity contribution in [1.29, 1.82) is 0 Å². The van der Waals surface area contributed by atoms with Crippen molar-refractivity contribution in [2.45, 2.75) is 89.9 Å². The van der Waals surface area contributed by atoms with Gasteiger partial charge in [-0.1, -0.05) is 46.0 Å². The summed E-state index contributed by atoms with van der Waals surface area (Å²) in [5, 5.41) is 3.54. The van der Waals surface area contributed by atoms with E-state index in [0.717, 1.165) is 19.3 Å². The van der Waals surface area contributed by atoms with Crippen LogP contribution in [0, 0.1) is 0 Å². The van der Waals surface area contributed by atoms with Crippen molar-refractivity contribution in [3.63, 3.8) is 0 Å². The van der Waals surface area contributed by atoms with Gasteiger partial charge in [-0.25, -0.2) is 0 Å². The van der Waals surface area contributed by atoms with E-state index in [9.17, 15) is 4.79 Å². The third-order valence-electron chi connectivity index (χ3n) is 4.46. The van der Waals surface area contributed by atoms with Crippen LogP contribution in [0.5, 0.6) is 0 Å². The normalized spacial score (nSPS) is 30.8. The molecule has 1 heterocycles. The average Bonchev–Trinajstić information content (AvgIpc) is 2.59. The van der Waals surface area contributed by atoms with Gasteiger partial charge in [0.15, 0.2) is 0 Å². The second-order valence-corrected chi connectivity index (χ2v) is 5.82. The summed E-state index contributed by atoms with van der Waals surface area (Å²) in [6, 6.07) is 0.586. The Balaban J connectivity index is 2.05. The number of carbonyl (C=O) groups is 1. The molecule has 1 aliphatic heterocycles. The number of hydrogen-bond donors (Lipinski definition) is 1. The van der Waals surface area contributed by atoms with Gasteiger partial charge >= 0.3 is 0 Å². The van der Waals surface area contributed by atoms with E-state index in [2.05, 4.69) is 24.1 Å². The van der Waals surface area contributed by atoms with Gasteiger partial charge in [0, 0.05) is 6.04 Å². The van der Waals surface area contributed by atoms with Crippen molar-refractivity contribution < 1.29 is 4.79 Å². The van der Waals surface area contributed by atoms with Crippen LogP contribution in [0.3, 0.4) is 0 Å². The number of carbonyl (C=O) groups excluding carboxylic acids is 1. The molecule has 2 unspecified atom stereocenters. The molecule has 0 spiro atoms. The molecule has 2 fully saturated rings. The Kier molecular flexibility index (Phi) is 5.04. The average molecular weight is 252 g/mol. The number of nitrogens with one attached hydrogen (secondary N) is 1. The van der Waals surface area contributed by atoms with Crippen LogP contribution in [0.25, 0.3) is 0 Å². The minimum atomic E-state index is 0.0863. The van der Waals surface area contributed by atoms with E-state index in [1.54, 1.807) is 0 Å². The van der Waals surface area contributed by atoms with E-state index in [1.807, 2.05) is 0 Å². The van der Waals surface area contributed by atoms with Crippen LogP contribution in [-0.4, -0.2) is 29.1 Å². The van der Waals surface area contributed by atoms with E-state index in [4.69, 9.17) is 0 Å². The van der Waals surface area contributed by atoms with Crippen LogP contribution in [0.4, 0.5) is 0 Å². The molecule has 2 rings (SSSR count). The molecule has 0 aromatic heterocycles. The molecule has 1 N–H and O–H groups in total. The third-order valence-corrected chi connectivity index (χ3v) is 4.46. The third kappa shape index (κ3) is 2.87. The number of rotatable bonds is 4. The van der Waals surface area contributed by atoms with E-state index < -0.39 is 0 Å². The molecule has 0 bridgehead atoms. The fourth-order valence-electron chi connectivity index (χ4n) is 3.50. The molecule has 3 nitrogen and oxygen atoms in total. The van der Waals surface area contributed by atoms with Crippen molar-refractivity contribution in [2.24, 2.45) is 0 Å². The van der Waals surface area contributed by atoms with Gasteiger partial charge in [-0.15, -0.1) is 0 Å². The molecule has 3 heteroatoms. The van der Waals surface area contributed by atoms with Gasteiger partial charge in [-0.05, 0) is 25.7 Å². The maximum Gasteiger partial charge on any atom is 0.241 e. The molecular formula is C15H28N2O. The second kappa shape index (κ2) is 6.55. The largest absolute Gasteiger partial charge is 0.323 e. The molecule has 18 heavy (non-hydrogen) atoms. The highest BCUT2D eigenvalue weighted by atomic mass is 16.2. The van der Waals surface area contributed by atoms with Gasteiger partial charge < -0.3 is 4.90 Å². The Bertz CT molecular complexity index is 272. The summed E-state index contributed by atoms with van der Waals surface area (Å²) >= 11 is 0. The van der Waals surface area contributed by atoms with Crippen LogP contribution in [0.1, 0.15) is 71.6 Å². The topological polar surface area (TPSA) is 32.3 Å². The summed E-state index contributed by atoms with van der Waals surface area (Å²) in [6.45, 7) is 4.34. The highest BCUT2D eigenvalue weighted by Crippen LogP contribution is 2.28. The Morgan fingerprint density at radius 3 is 2.39 bits per heavy atom. The monoisotopic (exact) mass is 252 g/mol. The van der Waals surface area contributed by atoms with Gasteiger partial charge in [0.2, 0.25) is 5.91 Å². The first-order valence-electron chi connectivity index (χ1n) is 7.86. The predicted molar refractivity (Wildman–Crippen MR) is 74.2 cm³/mol. The zero-order valence-corrected chi connectivity index (χ0v) is 12.0. The van der Waals surface area contributed by atoms with Gasteiger partial charge in [0.1, 0.15) is 0 Å². The second-order valence-electron chi connectivity index (χ2n) is 5.82. The minimum Gasteiger partial charge on any atom is -0.323 e. The summed E-state index contributed by atoms with van der Waals surface area (Å²) in [4.78, 5) is 14.7. The lowest BCUT2D eigenvalue weighted by molar-refractivity contribution is -0.132. The fourth-order valence-corrected chi connectivity index (χ4v) is 3.50. The number of nitrogens with zero attached hydrogens (tertiary/aromatic N) is 1. The Labute approximate surface area is 111 Å². The molecule has 0 radical (unpaired) electrons. The van der Waals surface area contributed by atoms with E-state index in [0.29, 0.717) is 11.9 Å². The number of amides is 1. The van der Waals surface area contributed by atoms with Gasteiger partial charge in [-0.3, -0.25) is 10.1 Å². The van der Waals surface area contributed by atoms with Crippen molar-refractivity contribution in [1.82, 2.24) is 10.2 Å². The predicted octanol–water partition coefficient (Wildman–Crippen LogP) is 3.05. The zero-order valence-electron chi connectivity index (χ0n) is 12.0. The van der Waals surface area contributed by atoms with Crippen LogP contribution in [-0.2, 0) is 4.79 Å². The molecule has 0 aromatic carbocycles. The Morgan fingerprint density at radius 1 is 1.17 bits per heavy atom. The lowest BCUT2D eigenvalue weighted by atomic mass is 10.1. The molecule has 2 atom stereocenters. The van der Waals surface area contributed by atoms with E-state index in [1.165, 1.54) is 38.5 Å². The lowest BCUT2D eigenvalue weighted by Gasteiger charge is -2.31. The van der Waals surface area contributed by atoms with Crippen molar-refractivity contribution >= 4 is 5.91 Å². The van der Waals surface area contributed by atoms with E-state index in [-0.39, 0.29) is 12.2 Å². The number of hydrogen-bond acceptors (Lipinski definition) is 2. The quantitative estimate of drug-likeness (QED) is 0.780. The van der Waals surface area contributed by atoms with Crippen molar-refractivity contribution in [3.05, 3.63) is 0 Å². The van der Waals surface area contributed by atoms with Crippen LogP contribution in [0.2, 0.25) is 0 Å². The van der Waals surface area contributed by atoms with Crippen LogP contribution >= 0.6 is 0 Å². The maximum absolute atomic E-state index is 12.5. The zero-order chi connectivity index (χ0) is 13.0. The molecule has 1 saturated carbocycles. The first-order chi connectivity index (χ1) is 8.77. The summed E-state index contributed by atoms with van der Waals surface area (Å²) in [5.74, 6) is 0.371. The van der Waals surface area contributed by atoms with Gasteiger partial charge in [0.05, 0.1) is 12.2 Å². The summed E-state index contributed by atoms with van der Waals surface area (Å²) in [7, 11) is 0. The van der Waals surface area contributed by atoms with Crippen LogP contribution < -0.4 is 5.32 Å². The highest BCUT2D eigenvalue weighted by Gasteiger charge is 2.40. The molecule has 1 aliphatic carbocycles. The molecule has 1 saturated heterocycles. The SMILES string of the molecule is CCCC1NC(CC)N(C2CCCCCC2)C1=O.